The molecule has 5 heteroatoms. The van der Waals surface area contributed by atoms with Crippen molar-refractivity contribution in [3.05, 3.63) is 18.7 Å². The van der Waals surface area contributed by atoms with Gasteiger partial charge in [-0.05, 0) is 33.7 Å². The van der Waals surface area contributed by atoms with Gasteiger partial charge in [-0.3, -0.25) is 4.79 Å². The van der Waals surface area contributed by atoms with Gasteiger partial charge >= 0.3 is 5.97 Å². The number of likely N-dealkylation sites (N-methyl/N-ethyl adjacent to an activating group) is 1. The topological polar surface area (TPSA) is 56.2 Å². The fraction of sp³-hybridized carbons (Fsp3) is 0.667. The van der Waals surface area contributed by atoms with Crippen LogP contribution in [0.1, 0.15) is 26.7 Å². The van der Waals surface area contributed by atoms with Crippen molar-refractivity contribution >= 4 is 5.97 Å². The first-order valence-corrected chi connectivity index (χ1v) is 5.94. The number of nitrogens with one attached hydrogen (secondary N) is 1. The fourth-order valence-electron chi connectivity index (χ4n) is 1.65. The summed E-state index contributed by atoms with van der Waals surface area (Å²) in [6.07, 6.45) is 7.08. The Bertz CT molecular complexity index is 338. The van der Waals surface area contributed by atoms with Crippen molar-refractivity contribution < 1.29 is 9.53 Å². The highest BCUT2D eigenvalue weighted by atomic mass is 16.5. The Balaban J connectivity index is 2.43. The van der Waals surface area contributed by atoms with E-state index < -0.39 is 5.54 Å². The van der Waals surface area contributed by atoms with Crippen molar-refractivity contribution in [2.45, 2.75) is 38.8 Å². The van der Waals surface area contributed by atoms with Gasteiger partial charge in [0.2, 0.25) is 0 Å². The monoisotopic (exact) mass is 239 g/mol. The molecule has 0 aromatic carbocycles. The highest BCUT2D eigenvalue weighted by Gasteiger charge is 2.32. The summed E-state index contributed by atoms with van der Waals surface area (Å²) in [7, 11) is 1.79. The summed E-state index contributed by atoms with van der Waals surface area (Å²) in [5, 5.41) is 3.04. The van der Waals surface area contributed by atoms with Crippen molar-refractivity contribution in [2.24, 2.45) is 0 Å². The standard InChI is InChI=1S/C12H21N3O2/c1-4-17-11(16)12(2,13-3)6-5-8-15-9-7-14-10-15/h7,9-10,13H,4-6,8H2,1-3H3. The number of aromatic nitrogens is 2. The lowest BCUT2D eigenvalue weighted by atomic mass is 9.96. The van der Waals surface area contributed by atoms with E-state index in [2.05, 4.69) is 10.3 Å². The number of carbonyl (C=O) groups excluding carboxylic acids is 1. The third kappa shape index (κ3) is 3.85. The third-order valence-corrected chi connectivity index (χ3v) is 2.93. The molecular formula is C12H21N3O2. The second-order valence-electron chi connectivity index (χ2n) is 4.21. The van der Waals surface area contributed by atoms with Crippen molar-refractivity contribution in [1.82, 2.24) is 14.9 Å². The molecule has 0 bridgehead atoms. The molecule has 0 amide bonds. The van der Waals surface area contributed by atoms with E-state index in [4.69, 9.17) is 4.74 Å². The molecule has 0 saturated carbocycles. The number of nitrogens with zero attached hydrogens (tertiary/aromatic N) is 2. The zero-order valence-corrected chi connectivity index (χ0v) is 10.8. The maximum atomic E-state index is 11.8. The summed E-state index contributed by atoms with van der Waals surface area (Å²) in [5.41, 5.74) is -0.601. The van der Waals surface area contributed by atoms with Crippen LogP contribution in [0.2, 0.25) is 0 Å². The smallest absolute Gasteiger partial charge is 0.326 e. The molecule has 0 radical (unpaired) electrons. The summed E-state index contributed by atoms with van der Waals surface area (Å²) in [6.45, 7) is 4.96. The third-order valence-electron chi connectivity index (χ3n) is 2.93. The minimum atomic E-state index is -0.601. The Hall–Kier alpha value is -1.36. The summed E-state index contributed by atoms with van der Waals surface area (Å²) in [5.74, 6) is -0.187. The molecule has 1 rings (SSSR count). The lowest BCUT2D eigenvalue weighted by Crippen LogP contribution is -2.48. The number of ether oxygens (including phenoxy) is 1. The summed E-state index contributed by atoms with van der Waals surface area (Å²) >= 11 is 0. The fourth-order valence-corrected chi connectivity index (χ4v) is 1.65. The van der Waals surface area contributed by atoms with E-state index in [0.29, 0.717) is 6.61 Å². The first-order chi connectivity index (χ1) is 8.12. The van der Waals surface area contributed by atoms with Crippen LogP contribution in [0.3, 0.4) is 0 Å². The molecule has 5 nitrogen and oxygen atoms in total. The molecule has 1 atom stereocenters. The van der Waals surface area contributed by atoms with Crippen LogP contribution < -0.4 is 5.32 Å². The molecule has 17 heavy (non-hydrogen) atoms. The minimum Gasteiger partial charge on any atom is -0.465 e. The molecule has 1 unspecified atom stereocenters. The lowest BCUT2D eigenvalue weighted by molar-refractivity contribution is -0.150. The van der Waals surface area contributed by atoms with Crippen LogP contribution in [0, 0.1) is 0 Å². The van der Waals surface area contributed by atoms with Gasteiger partial charge in [0.05, 0.1) is 12.9 Å². The molecule has 1 aromatic heterocycles. The quantitative estimate of drug-likeness (QED) is 0.726. The van der Waals surface area contributed by atoms with Gasteiger partial charge in [-0.2, -0.15) is 0 Å². The van der Waals surface area contributed by atoms with E-state index in [9.17, 15) is 4.79 Å². The van der Waals surface area contributed by atoms with Crippen LogP contribution in [-0.4, -0.2) is 34.7 Å². The molecule has 0 aliphatic carbocycles. The average molecular weight is 239 g/mol. The van der Waals surface area contributed by atoms with E-state index in [1.165, 1.54) is 0 Å². The van der Waals surface area contributed by atoms with Crippen molar-refractivity contribution in [3.8, 4) is 0 Å². The van der Waals surface area contributed by atoms with Gasteiger partial charge in [0, 0.05) is 18.9 Å². The molecule has 96 valence electrons. The molecule has 1 heterocycles. The number of esters is 1. The minimum absolute atomic E-state index is 0.187. The Morgan fingerprint density at radius 2 is 2.35 bits per heavy atom. The van der Waals surface area contributed by atoms with Gasteiger partial charge in [-0.25, -0.2) is 4.98 Å². The number of hydrogen-bond donors (Lipinski definition) is 1. The maximum absolute atomic E-state index is 11.8. The van der Waals surface area contributed by atoms with Gasteiger partial charge in [0.25, 0.3) is 0 Å². The Kier molecular flexibility index (Phi) is 5.15. The second kappa shape index (κ2) is 6.39. The predicted octanol–water partition coefficient (Wildman–Crippen LogP) is 1.20. The van der Waals surface area contributed by atoms with E-state index in [1.807, 2.05) is 24.6 Å². The maximum Gasteiger partial charge on any atom is 0.326 e. The Morgan fingerprint density at radius 3 is 2.88 bits per heavy atom. The molecule has 0 spiro atoms. The van der Waals surface area contributed by atoms with E-state index in [-0.39, 0.29) is 5.97 Å². The van der Waals surface area contributed by atoms with Crippen molar-refractivity contribution in [3.63, 3.8) is 0 Å². The van der Waals surface area contributed by atoms with Gasteiger partial charge in [-0.1, -0.05) is 0 Å². The Morgan fingerprint density at radius 1 is 1.59 bits per heavy atom. The highest BCUT2D eigenvalue weighted by Crippen LogP contribution is 2.14. The first kappa shape index (κ1) is 13.7. The summed E-state index contributed by atoms with van der Waals surface area (Å²) < 4.78 is 7.07. The average Bonchev–Trinajstić information content (AvgIpc) is 2.82. The summed E-state index contributed by atoms with van der Waals surface area (Å²) in [6, 6.07) is 0. The van der Waals surface area contributed by atoms with Gasteiger partial charge in [0.1, 0.15) is 5.54 Å². The van der Waals surface area contributed by atoms with Crippen LogP contribution in [0.15, 0.2) is 18.7 Å². The zero-order chi connectivity index (χ0) is 12.7. The molecule has 0 aliphatic heterocycles. The van der Waals surface area contributed by atoms with Crippen LogP contribution >= 0.6 is 0 Å². The number of hydrogen-bond acceptors (Lipinski definition) is 4. The SMILES string of the molecule is CCOC(=O)C(C)(CCCn1ccnc1)NC. The second-order valence-corrected chi connectivity index (χ2v) is 4.21. The number of imidazole rings is 1. The molecule has 0 fully saturated rings. The number of rotatable bonds is 7. The van der Waals surface area contributed by atoms with Gasteiger partial charge < -0.3 is 14.6 Å². The summed E-state index contributed by atoms with van der Waals surface area (Å²) in [4.78, 5) is 15.8. The van der Waals surface area contributed by atoms with E-state index in [1.54, 1.807) is 19.6 Å². The van der Waals surface area contributed by atoms with Gasteiger partial charge in [-0.15, -0.1) is 0 Å². The number of aryl methyl sites for hydroxylation is 1. The highest BCUT2D eigenvalue weighted by molar-refractivity contribution is 5.80. The lowest BCUT2D eigenvalue weighted by Gasteiger charge is -2.26. The molecular weight excluding hydrogens is 218 g/mol. The molecule has 0 saturated heterocycles. The van der Waals surface area contributed by atoms with E-state index >= 15 is 0 Å². The van der Waals surface area contributed by atoms with Crippen LogP contribution in [-0.2, 0) is 16.1 Å². The van der Waals surface area contributed by atoms with Gasteiger partial charge in [0.15, 0.2) is 0 Å². The molecule has 1 N–H and O–H groups in total. The first-order valence-electron chi connectivity index (χ1n) is 5.94. The number of carbonyl (C=O) groups is 1. The van der Waals surface area contributed by atoms with Crippen molar-refractivity contribution in [1.29, 1.82) is 0 Å². The molecule has 0 aliphatic rings. The zero-order valence-electron chi connectivity index (χ0n) is 10.8. The van der Waals surface area contributed by atoms with Crippen LogP contribution in [0.4, 0.5) is 0 Å². The van der Waals surface area contributed by atoms with Crippen molar-refractivity contribution in [2.75, 3.05) is 13.7 Å². The molecule has 1 aromatic rings. The van der Waals surface area contributed by atoms with E-state index in [0.717, 1.165) is 19.4 Å². The van der Waals surface area contributed by atoms with Crippen LogP contribution in [0.25, 0.3) is 0 Å². The largest absolute Gasteiger partial charge is 0.465 e. The normalized spacial score (nSPS) is 14.3. The van der Waals surface area contributed by atoms with Crippen LogP contribution in [0.5, 0.6) is 0 Å². The Labute approximate surface area is 102 Å². The predicted molar refractivity (Wildman–Crippen MR) is 65.6 cm³/mol.